The van der Waals surface area contributed by atoms with E-state index in [-0.39, 0.29) is 12.3 Å². The number of benzene rings is 1. The monoisotopic (exact) mass is 383 g/mol. The van der Waals surface area contributed by atoms with Gasteiger partial charge >= 0.3 is 0 Å². The highest BCUT2D eigenvalue weighted by Gasteiger charge is 2.11. The predicted molar refractivity (Wildman–Crippen MR) is 102 cm³/mol. The number of sulfonamides is 1. The highest BCUT2D eigenvalue weighted by molar-refractivity contribution is 7.88. The summed E-state index contributed by atoms with van der Waals surface area (Å²) in [5, 5.41) is 6.66. The van der Waals surface area contributed by atoms with Gasteiger partial charge in [-0.1, -0.05) is 23.7 Å². The van der Waals surface area contributed by atoms with Gasteiger partial charge in [0, 0.05) is 36.4 Å². The third-order valence-electron chi connectivity index (χ3n) is 3.19. The normalized spacial score (nSPS) is 11.3. The topological polar surface area (TPSA) is 96.0 Å². The van der Waals surface area contributed by atoms with Crippen molar-refractivity contribution in [2.75, 3.05) is 30.3 Å². The van der Waals surface area contributed by atoms with Crippen molar-refractivity contribution in [1.29, 1.82) is 0 Å². The second-order valence-electron chi connectivity index (χ2n) is 5.46. The molecule has 0 atom stereocenters. The molecule has 0 aliphatic heterocycles. The maximum atomic E-state index is 12.1. The van der Waals surface area contributed by atoms with Crippen LogP contribution in [0.4, 0.5) is 11.8 Å². The van der Waals surface area contributed by atoms with E-state index in [1.807, 2.05) is 19.9 Å². The van der Waals surface area contributed by atoms with Gasteiger partial charge in [-0.3, -0.25) is 0 Å². The second-order valence-corrected chi connectivity index (χ2v) is 7.70. The fraction of sp³-hybridized carbons (Fsp3) is 0.375. The van der Waals surface area contributed by atoms with E-state index < -0.39 is 10.0 Å². The lowest BCUT2D eigenvalue weighted by Crippen LogP contribution is -2.30. The number of hydrogen-bond donors (Lipinski definition) is 3. The summed E-state index contributed by atoms with van der Waals surface area (Å²) < 4.78 is 26.7. The number of rotatable bonds is 9. The van der Waals surface area contributed by atoms with Gasteiger partial charge in [-0.05, 0) is 31.5 Å². The van der Waals surface area contributed by atoms with Crippen LogP contribution in [0.1, 0.15) is 18.2 Å². The van der Waals surface area contributed by atoms with Crippen molar-refractivity contribution in [3.05, 3.63) is 46.6 Å². The molecule has 7 nitrogen and oxygen atoms in total. The summed E-state index contributed by atoms with van der Waals surface area (Å²) in [7, 11) is -3.43. The highest BCUT2D eigenvalue weighted by atomic mass is 35.5. The third kappa shape index (κ3) is 6.85. The predicted octanol–water partition coefficient (Wildman–Crippen LogP) is 2.40. The number of halogens is 1. The molecule has 1 aromatic heterocycles. The molecule has 25 heavy (non-hydrogen) atoms. The number of aryl methyl sites for hydroxylation is 1. The maximum absolute atomic E-state index is 12.1. The molecule has 0 unspecified atom stereocenters. The van der Waals surface area contributed by atoms with Crippen LogP contribution in [-0.4, -0.2) is 38.0 Å². The molecule has 0 spiro atoms. The van der Waals surface area contributed by atoms with Crippen LogP contribution in [0.2, 0.25) is 5.02 Å². The van der Waals surface area contributed by atoms with E-state index in [1.165, 1.54) is 0 Å². The van der Waals surface area contributed by atoms with Crippen molar-refractivity contribution in [3.63, 3.8) is 0 Å². The number of anilines is 2. The minimum Gasteiger partial charge on any atom is -0.370 e. The summed E-state index contributed by atoms with van der Waals surface area (Å²) in [6.45, 7) is 5.24. The molecule has 0 aliphatic rings. The molecule has 0 amide bonds. The van der Waals surface area contributed by atoms with Crippen LogP contribution in [0.15, 0.2) is 30.3 Å². The van der Waals surface area contributed by atoms with Crippen LogP contribution in [0.5, 0.6) is 0 Å². The summed E-state index contributed by atoms with van der Waals surface area (Å²) in [5.41, 5.74) is 1.47. The van der Waals surface area contributed by atoms with Gasteiger partial charge in [-0.15, -0.1) is 0 Å². The molecule has 136 valence electrons. The van der Waals surface area contributed by atoms with Gasteiger partial charge in [0.25, 0.3) is 0 Å². The van der Waals surface area contributed by atoms with Gasteiger partial charge in [0.15, 0.2) is 0 Å². The Labute approximate surface area is 153 Å². The van der Waals surface area contributed by atoms with Crippen molar-refractivity contribution in [2.24, 2.45) is 0 Å². The maximum Gasteiger partial charge on any atom is 0.224 e. The second kappa shape index (κ2) is 8.98. The van der Waals surface area contributed by atoms with E-state index in [0.717, 1.165) is 18.1 Å². The number of aromatic nitrogens is 2. The summed E-state index contributed by atoms with van der Waals surface area (Å²) >= 11 is 5.87. The number of nitrogens with one attached hydrogen (secondary N) is 3. The summed E-state index contributed by atoms with van der Waals surface area (Å²) in [6, 6.07) is 8.65. The Morgan fingerprint density at radius 3 is 2.64 bits per heavy atom. The fourth-order valence-corrected chi connectivity index (χ4v) is 3.54. The van der Waals surface area contributed by atoms with Crippen LogP contribution in [-0.2, 0) is 15.8 Å². The molecule has 2 aromatic rings. The lowest BCUT2D eigenvalue weighted by molar-refractivity contribution is 0.582. The molecule has 3 N–H and O–H groups in total. The smallest absolute Gasteiger partial charge is 0.224 e. The van der Waals surface area contributed by atoms with Crippen LogP contribution in [0.3, 0.4) is 0 Å². The average Bonchev–Trinajstić information content (AvgIpc) is 2.51. The molecule has 9 heteroatoms. The molecule has 0 saturated carbocycles. The molecule has 1 aromatic carbocycles. The summed E-state index contributed by atoms with van der Waals surface area (Å²) in [4.78, 5) is 8.58. The molecule has 2 rings (SSSR count). The van der Waals surface area contributed by atoms with Gasteiger partial charge in [0.2, 0.25) is 16.0 Å². The molecule has 1 heterocycles. The molecule has 0 bridgehead atoms. The van der Waals surface area contributed by atoms with E-state index in [4.69, 9.17) is 11.6 Å². The molecule has 0 fully saturated rings. The van der Waals surface area contributed by atoms with Crippen molar-refractivity contribution < 1.29 is 8.42 Å². The van der Waals surface area contributed by atoms with Crippen LogP contribution in [0, 0.1) is 6.92 Å². The summed E-state index contributed by atoms with van der Waals surface area (Å²) in [6.07, 6.45) is 0. The Balaban J connectivity index is 1.84. The van der Waals surface area contributed by atoms with E-state index >= 15 is 0 Å². The van der Waals surface area contributed by atoms with E-state index in [9.17, 15) is 8.42 Å². The zero-order valence-corrected chi connectivity index (χ0v) is 15.8. The SMILES string of the molecule is CCNc1cc(C)nc(NCCNS(=O)(=O)Cc2cccc(Cl)c2)n1. The first-order chi connectivity index (χ1) is 11.9. The van der Waals surface area contributed by atoms with Gasteiger partial charge in [0.05, 0.1) is 5.75 Å². The van der Waals surface area contributed by atoms with Crippen LogP contribution < -0.4 is 15.4 Å². The Kier molecular flexibility index (Phi) is 6.98. The standard InChI is InChI=1S/C16H22ClN5O2S/c1-3-18-15-9-12(2)21-16(22-15)19-7-8-20-25(23,24)11-13-5-4-6-14(17)10-13/h4-6,9-10,20H,3,7-8,11H2,1-2H3,(H2,18,19,21,22). The Morgan fingerprint density at radius 2 is 1.92 bits per heavy atom. The first-order valence-electron chi connectivity index (χ1n) is 7.93. The van der Waals surface area contributed by atoms with Crippen molar-refractivity contribution >= 4 is 33.4 Å². The number of hydrogen-bond acceptors (Lipinski definition) is 6. The molecule has 0 radical (unpaired) electrons. The first kappa shape index (κ1) is 19.4. The van der Waals surface area contributed by atoms with Crippen LogP contribution in [0.25, 0.3) is 0 Å². The van der Waals surface area contributed by atoms with Crippen molar-refractivity contribution in [1.82, 2.24) is 14.7 Å². The largest absolute Gasteiger partial charge is 0.370 e. The van der Waals surface area contributed by atoms with E-state index in [1.54, 1.807) is 24.3 Å². The Bertz CT molecular complexity index is 814. The zero-order valence-electron chi connectivity index (χ0n) is 14.2. The first-order valence-corrected chi connectivity index (χ1v) is 9.96. The van der Waals surface area contributed by atoms with Crippen LogP contribution >= 0.6 is 11.6 Å². The van der Waals surface area contributed by atoms with E-state index in [0.29, 0.717) is 23.1 Å². The van der Waals surface area contributed by atoms with Crippen molar-refractivity contribution in [3.8, 4) is 0 Å². The Hall–Kier alpha value is -1.90. The van der Waals surface area contributed by atoms with Gasteiger partial charge in [-0.25, -0.2) is 18.1 Å². The summed E-state index contributed by atoms with van der Waals surface area (Å²) in [5.74, 6) is 1.09. The van der Waals surface area contributed by atoms with Gasteiger partial charge in [0.1, 0.15) is 5.82 Å². The quantitative estimate of drug-likeness (QED) is 0.575. The highest BCUT2D eigenvalue weighted by Crippen LogP contribution is 2.13. The molecular formula is C16H22ClN5O2S. The molecule has 0 saturated heterocycles. The van der Waals surface area contributed by atoms with Gasteiger partial charge < -0.3 is 10.6 Å². The minimum absolute atomic E-state index is 0.112. The number of nitrogens with zero attached hydrogens (tertiary/aromatic N) is 2. The molecule has 0 aliphatic carbocycles. The average molecular weight is 384 g/mol. The molecular weight excluding hydrogens is 362 g/mol. The van der Waals surface area contributed by atoms with Gasteiger partial charge in [-0.2, -0.15) is 4.98 Å². The third-order valence-corrected chi connectivity index (χ3v) is 4.78. The Morgan fingerprint density at radius 1 is 1.12 bits per heavy atom. The lowest BCUT2D eigenvalue weighted by atomic mass is 10.2. The minimum atomic E-state index is -3.43. The van der Waals surface area contributed by atoms with E-state index in [2.05, 4.69) is 25.3 Å². The fourth-order valence-electron chi connectivity index (χ4n) is 2.20. The lowest BCUT2D eigenvalue weighted by Gasteiger charge is -2.10. The van der Waals surface area contributed by atoms with Crippen molar-refractivity contribution in [2.45, 2.75) is 19.6 Å². The zero-order chi connectivity index (χ0) is 18.3.